The lowest BCUT2D eigenvalue weighted by atomic mass is 10.1. The number of nitrogen functional groups attached to an aromatic ring is 1. The van der Waals surface area contributed by atoms with E-state index in [1.807, 2.05) is 0 Å². The Kier molecular flexibility index (Phi) is 5.77. The normalized spacial score (nSPS) is 11.8. The molecule has 0 aliphatic heterocycles. The van der Waals surface area contributed by atoms with Gasteiger partial charge in [0.15, 0.2) is 0 Å². The van der Waals surface area contributed by atoms with Crippen LogP contribution < -0.4 is 10.6 Å². The fourth-order valence-corrected chi connectivity index (χ4v) is 2.00. The molecule has 0 fully saturated rings. The van der Waals surface area contributed by atoms with Crippen LogP contribution in [0.25, 0.3) is 0 Å². The number of amides is 2. The summed E-state index contributed by atoms with van der Waals surface area (Å²) in [6.07, 6.45) is -1.74. The quantitative estimate of drug-likeness (QED) is 0.723. The van der Waals surface area contributed by atoms with Crippen LogP contribution in [-0.2, 0) is 9.47 Å². The van der Waals surface area contributed by atoms with Gasteiger partial charge in [-0.15, -0.1) is 0 Å². The monoisotopic (exact) mass is 356 g/mol. The van der Waals surface area contributed by atoms with E-state index in [1.165, 1.54) is 6.07 Å². The van der Waals surface area contributed by atoms with Crippen molar-refractivity contribution >= 4 is 35.2 Å². The summed E-state index contributed by atoms with van der Waals surface area (Å²) < 4.78 is 10.6. The number of imide groups is 1. The minimum atomic E-state index is -0.872. The average molecular weight is 357 g/mol. The molecule has 0 saturated carbocycles. The summed E-state index contributed by atoms with van der Waals surface area (Å²) in [4.78, 5) is 25.9. The summed E-state index contributed by atoms with van der Waals surface area (Å²) in [6.45, 7) is 11.9. The van der Waals surface area contributed by atoms with E-state index in [0.717, 1.165) is 4.90 Å². The summed E-state index contributed by atoms with van der Waals surface area (Å²) in [6, 6.07) is 3.05. The Hall–Kier alpha value is -1.95. The molecule has 0 aliphatic carbocycles. The summed E-state index contributed by atoms with van der Waals surface area (Å²) in [5.41, 5.74) is 5.42. The lowest BCUT2D eigenvalue weighted by Crippen LogP contribution is -2.44. The highest BCUT2D eigenvalue weighted by molar-refractivity contribution is 6.36. The molecule has 1 aromatic carbocycles. The number of anilines is 2. The summed E-state index contributed by atoms with van der Waals surface area (Å²) in [5, 5.41) is 0.187. The molecule has 0 unspecified atom stereocenters. The molecule has 7 heteroatoms. The van der Waals surface area contributed by atoms with E-state index in [4.69, 9.17) is 26.8 Å². The first-order valence-corrected chi connectivity index (χ1v) is 7.91. The van der Waals surface area contributed by atoms with Gasteiger partial charge in [-0.1, -0.05) is 11.6 Å². The van der Waals surface area contributed by atoms with Crippen LogP contribution in [0.4, 0.5) is 21.0 Å². The van der Waals surface area contributed by atoms with Gasteiger partial charge >= 0.3 is 12.2 Å². The highest BCUT2D eigenvalue weighted by Gasteiger charge is 2.34. The van der Waals surface area contributed by atoms with Crippen LogP contribution in [0.5, 0.6) is 0 Å². The van der Waals surface area contributed by atoms with Crippen molar-refractivity contribution in [2.75, 3.05) is 10.6 Å². The smallest absolute Gasteiger partial charge is 0.424 e. The average Bonchev–Trinajstić information content (AvgIpc) is 2.35. The number of halogens is 1. The minimum absolute atomic E-state index is 0.159. The number of nitrogens with zero attached hydrogens (tertiary/aromatic N) is 1. The second-order valence-electron chi connectivity index (χ2n) is 7.41. The zero-order chi connectivity index (χ0) is 18.9. The van der Waals surface area contributed by atoms with Crippen molar-refractivity contribution in [1.82, 2.24) is 0 Å². The molecule has 0 bridgehead atoms. The molecule has 0 aromatic heterocycles. The van der Waals surface area contributed by atoms with Crippen LogP contribution >= 0.6 is 11.6 Å². The van der Waals surface area contributed by atoms with Crippen LogP contribution in [0.2, 0.25) is 5.02 Å². The van der Waals surface area contributed by atoms with Gasteiger partial charge in [0.05, 0.1) is 10.7 Å². The molecular weight excluding hydrogens is 332 g/mol. The van der Waals surface area contributed by atoms with Crippen molar-refractivity contribution in [3.8, 4) is 0 Å². The van der Waals surface area contributed by atoms with Gasteiger partial charge in [-0.3, -0.25) is 0 Å². The number of rotatable bonds is 1. The Morgan fingerprint density at radius 2 is 1.42 bits per heavy atom. The van der Waals surface area contributed by atoms with Crippen molar-refractivity contribution < 1.29 is 19.1 Å². The van der Waals surface area contributed by atoms with Crippen LogP contribution in [-0.4, -0.2) is 23.4 Å². The Morgan fingerprint density at radius 1 is 1.00 bits per heavy atom. The van der Waals surface area contributed by atoms with Crippen molar-refractivity contribution in [2.24, 2.45) is 0 Å². The molecule has 1 aromatic rings. The summed E-state index contributed by atoms with van der Waals surface area (Å²) in [7, 11) is 0. The Morgan fingerprint density at radius 3 is 1.79 bits per heavy atom. The zero-order valence-electron chi connectivity index (χ0n) is 15.2. The van der Waals surface area contributed by atoms with Crippen LogP contribution in [0.15, 0.2) is 12.1 Å². The second-order valence-corrected chi connectivity index (χ2v) is 7.79. The molecule has 0 spiro atoms. The largest absolute Gasteiger partial charge is 0.443 e. The van der Waals surface area contributed by atoms with Gasteiger partial charge in [0, 0.05) is 5.69 Å². The standard InChI is InChI=1S/C17H25ClN2O4/c1-10-11(19)8-9-12(13(10)18)20(14(21)23-16(2,3)4)15(22)24-17(5,6)7/h8-9H,19H2,1-7H3. The van der Waals surface area contributed by atoms with Crippen molar-refractivity contribution in [2.45, 2.75) is 59.7 Å². The van der Waals surface area contributed by atoms with Gasteiger partial charge in [0.1, 0.15) is 11.2 Å². The van der Waals surface area contributed by atoms with E-state index < -0.39 is 23.4 Å². The summed E-state index contributed by atoms with van der Waals surface area (Å²) in [5.74, 6) is 0. The lowest BCUT2D eigenvalue weighted by molar-refractivity contribution is 0.0431. The third-order valence-corrected chi connectivity index (χ3v) is 3.28. The van der Waals surface area contributed by atoms with Crippen molar-refractivity contribution in [1.29, 1.82) is 0 Å². The summed E-state index contributed by atoms with van der Waals surface area (Å²) >= 11 is 6.29. The molecule has 0 radical (unpaired) electrons. The minimum Gasteiger partial charge on any atom is -0.443 e. The fourth-order valence-electron chi connectivity index (χ4n) is 1.74. The van der Waals surface area contributed by atoms with Gasteiger partial charge in [-0.05, 0) is 66.2 Å². The third-order valence-electron chi connectivity index (χ3n) is 2.80. The van der Waals surface area contributed by atoms with Gasteiger partial charge in [0.25, 0.3) is 0 Å². The first-order valence-electron chi connectivity index (χ1n) is 7.53. The molecule has 134 valence electrons. The lowest BCUT2D eigenvalue weighted by Gasteiger charge is -2.29. The van der Waals surface area contributed by atoms with Crippen LogP contribution in [0.3, 0.4) is 0 Å². The van der Waals surface area contributed by atoms with E-state index >= 15 is 0 Å². The van der Waals surface area contributed by atoms with Crippen LogP contribution in [0.1, 0.15) is 47.1 Å². The zero-order valence-corrected chi connectivity index (χ0v) is 15.9. The number of ether oxygens (including phenoxy) is 2. The maximum Gasteiger partial charge on any atom is 0.424 e. The van der Waals surface area contributed by atoms with Gasteiger partial charge in [-0.25, -0.2) is 9.59 Å². The third kappa shape index (κ3) is 5.30. The molecule has 6 nitrogen and oxygen atoms in total. The van der Waals surface area contributed by atoms with E-state index in [-0.39, 0.29) is 10.7 Å². The molecule has 1 rings (SSSR count). The molecule has 0 saturated heterocycles. The fraction of sp³-hybridized carbons (Fsp3) is 0.529. The second kappa shape index (κ2) is 6.89. The molecule has 0 heterocycles. The number of benzene rings is 1. The molecule has 24 heavy (non-hydrogen) atoms. The molecule has 2 N–H and O–H groups in total. The number of hydrogen-bond acceptors (Lipinski definition) is 5. The number of carbonyl (C=O) groups is 2. The molecule has 2 amide bonds. The predicted molar refractivity (Wildman–Crippen MR) is 95.5 cm³/mol. The first-order chi connectivity index (χ1) is 10.7. The SMILES string of the molecule is Cc1c(N)ccc(N(C(=O)OC(C)(C)C)C(=O)OC(C)(C)C)c1Cl. The molecular formula is C17H25ClN2O4. The first kappa shape index (κ1) is 20.1. The maximum atomic E-state index is 12.5. The van der Waals surface area contributed by atoms with E-state index in [9.17, 15) is 9.59 Å². The number of hydrogen-bond donors (Lipinski definition) is 1. The Balaban J connectivity index is 3.36. The highest BCUT2D eigenvalue weighted by atomic mass is 35.5. The topological polar surface area (TPSA) is 81.9 Å². The number of nitrogens with two attached hydrogens (primary N) is 1. The van der Waals surface area contributed by atoms with Crippen molar-refractivity contribution in [3.05, 3.63) is 22.7 Å². The number of carbonyl (C=O) groups excluding carboxylic acids is 2. The molecule has 0 aliphatic rings. The van der Waals surface area contributed by atoms with E-state index in [2.05, 4.69) is 0 Å². The van der Waals surface area contributed by atoms with E-state index in [0.29, 0.717) is 11.3 Å². The predicted octanol–water partition coefficient (Wildman–Crippen LogP) is 4.91. The Labute approximate surface area is 147 Å². The van der Waals surface area contributed by atoms with Gasteiger partial charge in [-0.2, -0.15) is 4.90 Å². The molecule has 0 atom stereocenters. The van der Waals surface area contributed by atoms with Gasteiger partial charge < -0.3 is 15.2 Å². The maximum absolute atomic E-state index is 12.5. The van der Waals surface area contributed by atoms with Crippen LogP contribution in [0, 0.1) is 6.92 Å². The van der Waals surface area contributed by atoms with Crippen molar-refractivity contribution in [3.63, 3.8) is 0 Å². The highest BCUT2D eigenvalue weighted by Crippen LogP contribution is 2.34. The van der Waals surface area contributed by atoms with Gasteiger partial charge in [0.2, 0.25) is 0 Å². The van der Waals surface area contributed by atoms with E-state index in [1.54, 1.807) is 54.5 Å². The Bertz CT molecular complexity index is 617.